The van der Waals surface area contributed by atoms with Gasteiger partial charge in [0.1, 0.15) is 35.9 Å². The first kappa shape index (κ1) is 58.0. The molecular weight excluding hydrogens is 986 g/mol. The number of halogens is 1. The quantitative estimate of drug-likeness (QED) is 0.0161. The molecule has 0 saturated carbocycles. The molecule has 402 valence electrons. The number of carbonyl (C=O) groups is 4. The highest BCUT2D eigenvalue weighted by Gasteiger charge is 2.44. The number of allylic oxidation sites excluding steroid dienone is 1. The van der Waals surface area contributed by atoms with Crippen molar-refractivity contribution in [3.05, 3.63) is 131 Å². The van der Waals surface area contributed by atoms with Gasteiger partial charge in [0.2, 0.25) is 23.6 Å². The molecule has 4 amide bonds. The molecule has 75 heavy (non-hydrogen) atoms. The van der Waals surface area contributed by atoms with Crippen molar-refractivity contribution >= 4 is 57.7 Å². The molecule has 0 spiro atoms. The van der Waals surface area contributed by atoms with Crippen LogP contribution in [0.15, 0.2) is 103 Å². The number of aromatic hydroxyl groups is 2. The highest BCUT2D eigenvalue weighted by atomic mass is 35.5. The van der Waals surface area contributed by atoms with Gasteiger partial charge in [0.05, 0.1) is 28.7 Å². The number of aliphatic hydroxyl groups excluding tert-OH is 1. The lowest BCUT2D eigenvalue weighted by Crippen LogP contribution is -2.57. The summed E-state index contributed by atoms with van der Waals surface area (Å²) in [7, 11) is 0. The Hall–Kier alpha value is -6.22. The molecule has 1 unspecified atom stereocenters. The molecule has 15 heteroatoms. The summed E-state index contributed by atoms with van der Waals surface area (Å²) in [4.78, 5) is 60.0. The number of β-amino-alcohol motifs (C(OH)–C–C–N with tert-alkyl or cyclic N) is 1. The summed E-state index contributed by atoms with van der Waals surface area (Å²) in [5.74, 6) is 0.578. The second-order valence-corrected chi connectivity index (χ2v) is 21.8. The van der Waals surface area contributed by atoms with Gasteiger partial charge >= 0.3 is 0 Å². The van der Waals surface area contributed by atoms with Gasteiger partial charge in [0.25, 0.3) is 0 Å². The van der Waals surface area contributed by atoms with Gasteiger partial charge in [0, 0.05) is 38.2 Å². The third-order valence-electron chi connectivity index (χ3n) is 13.6. The smallest absolute Gasteiger partial charge is 0.246 e. The van der Waals surface area contributed by atoms with E-state index in [0.717, 1.165) is 114 Å². The van der Waals surface area contributed by atoms with Gasteiger partial charge < -0.3 is 40.9 Å². The van der Waals surface area contributed by atoms with E-state index in [1.807, 2.05) is 106 Å². The monoisotopic (exact) mass is 1060 g/mol. The number of carbonyl (C=O) groups excluding carboxylic acids is 4. The van der Waals surface area contributed by atoms with Crippen LogP contribution in [0, 0.1) is 12.3 Å². The molecule has 5 aromatic rings. The number of ether oxygens (including phenoxy) is 1. The van der Waals surface area contributed by atoms with Crippen LogP contribution in [0.25, 0.3) is 21.6 Å². The van der Waals surface area contributed by atoms with Gasteiger partial charge in [-0.3, -0.25) is 19.2 Å². The Balaban J connectivity index is 0.808. The van der Waals surface area contributed by atoms with Gasteiger partial charge in [-0.2, -0.15) is 0 Å². The van der Waals surface area contributed by atoms with Crippen LogP contribution in [0.1, 0.15) is 139 Å². The summed E-state index contributed by atoms with van der Waals surface area (Å²) >= 11 is 7.87. The van der Waals surface area contributed by atoms with Gasteiger partial charge in [-0.1, -0.05) is 133 Å². The summed E-state index contributed by atoms with van der Waals surface area (Å²) in [6, 6.07) is 28.2. The number of phenolic OH excluding ortho intramolecular Hbond substituents is 2. The normalized spacial score (nSPS) is 15.3. The first-order valence-corrected chi connectivity index (χ1v) is 28.0. The van der Waals surface area contributed by atoms with E-state index in [2.05, 4.69) is 20.9 Å². The maximum absolute atomic E-state index is 14.0. The van der Waals surface area contributed by atoms with E-state index in [9.17, 15) is 34.5 Å². The zero-order chi connectivity index (χ0) is 53.7. The van der Waals surface area contributed by atoms with E-state index in [1.165, 1.54) is 4.90 Å². The maximum Gasteiger partial charge on any atom is 0.246 e. The number of amides is 4. The van der Waals surface area contributed by atoms with Gasteiger partial charge in [-0.15, -0.1) is 22.9 Å². The zero-order valence-corrected chi connectivity index (χ0v) is 45.6. The number of hydrogen-bond donors (Lipinski definition) is 6. The van der Waals surface area contributed by atoms with Crippen molar-refractivity contribution in [3.63, 3.8) is 0 Å². The van der Waals surface area contributed by atoms with Crippen molar-refractivity contribution < 1.29 is 39.2 Å². The summed E-state index contributed by atoms with van der Waals surface area (Å²) < 4.78 is 5.96. The number of thiazole rings is 1. The van der Waals surface area contributed by atoms with Crippen LogP contribution in [-0.4, -0.2) is 92.6 Å². The van der Waals surface area contributed by atoms with E-state index in [-0.39, 0.29) is 54.6 Å². The van der Waals surface area contributed by atoms with E-state index in [1.54, 1.807) is 35.6 Å². The predicted octanol–water partition coefficient (Wildman–Crippen LogP) is 11.1. The first-order chi connectivity index (χ1) is 36.1. The molecule has 1 aliphatic rings. The van der Waals surface area contributed by atoms with Gasteiger partial charge in [0.15, 0.2) is 0 Å². The minimum atomic E-state index is -0.849. The minimum absolute atomic E-state index is 0.0184. The minimum Gasteiger partial charge on any atom is -0.508 e. The molecular formula is C60H76ClN5O8S. The van der Waals surface area contributed by atoms with Crippen LogP contribution < -0.4 is 20.7 Å². The number of rotatable bonds is 28. The van der Waals surface area contributed by atoms with Crippen molar-refractivity contribution in [2.24, 2.45) is 5.41 Å². The lowest BCUT2D eigenvalue weighted by atomic mass is 9.85. The Kier molecular flexibility index (Phi) is 22.6. The molecule has 0 radical (unpaired) electrons. The number of unbranched alkanes of at least 4 members (excludes halogenated alkanes) is 9. The number of aryl methyl sites for hydroxylation is 1. The number of aromatic nitrogens is 1. The van der Waals surface area contributed by atoms with Crippen LogP contribution in [0.2, 0.25) is 0 Å². The summed E-state index contributed by atoms with van der Waals surface area (Å²) in [5, 5.41) is 39.4. The molecule has 1 fully saturated rings. The van der Waals surface area contributed by atoms with Crippen LogP contribution in [0.3, 0.4) is 0 Å². The van der Waals surface area contributed by atoms with Crippen LogP contribution in [0.5, 0.6) is 17.2 Å². The van der Waals surface area contributed by atoms with Crippen LogP contribution >= 0.6 is 22.9 Å². The van der Waals surface area contributed by atoms with Gasteiger partial charge in [-0.25, -0.2) is 4.98 Å². The van der Waals surface area contributed by atoms with Crippen LogP contribution in [-0.2, 0) is 25.7 Å². The molecule has 0 bridgehead atoms. The highest BCUT2D eigenvalue weighted by molar-refractivity contribution is 7.13. The lowest BCUT2D eigenvalue weighted by molar-refractivity contribution is -0.144. The maximum atomic E-state index is 14.0. The van der Waals surface area contributed by atoms with E-state index in [0.29, 0.717) is 44.0 Å². The highest BCUT2D eigenvalue weighted by Crippen LogP contribution is 2.37. The van der Waals surface area contributed by atoms with Gasteiger partial charge in [-0.05, 0) is 107 Å². The average molecular weight is 1060 g/mol. The molecule has 6 N–H and O–H groups in total. The molecule has 3 atom stereocenters. The average Bonchev–Trinajstić information content (AvgIpc) is 4.02. The lowest BCUT2D eigenvalue weighted by Gasteiger charge is -2.35. The molecule has 13 nitrogen and oxygen atoms in total. The third-order valence-corrected chi connectivity index (χ3v) is 14.8. The predicted molar refractivity (Wildman–Crippen MR) is 299 cm³/mol. The summed E-state index contributed by atoms with van der Waals surface area (Å²) in [6.07, 6.45) is 10.7. The summed E-state index contributed by atoms with van der Waals surface area (Å²) in [6.45, 7) is 8.71. The second-order valence-electron chi connectivity index (χ2n) is 20.6. The number of hydrogen-bond acceptors (Lipinski definition) is 10. The van der Waals surface area contributed by atoms with Crippen molar-refractivity contribution in [1.82, 2.24) is 25.8 Å². The molecule has 1 aromatic heterocycles. The molecule has 0 aliphatic carbocycles. The molecule has 6 rings (SSSR count). The van der Waals surface area contributed by atoms with E-state index < -0.39 is 23.6 Å². The molecule has 1 aliphatic heterocycles. The SMILES string of the molecule is Cc1ncsc1-c1ccc(CNC(=O)[C@@H]2C[C@@H](O)CN2C(=O)C(NC(=O)CCCCCCCCCCCCC(=O)NCCOc2ccc(C(=C(CCCl)c3ccc(O)cc3)c3ccc(O)cc3)cc2)C(C)(C)C)cc1. The molecule has 4 aromatic carbocycles. The van der Waals surface area contributed by atoms with Crippen molar-refractivity contribution in [3.8, 4) is 27.7 Å². The molecule has 2 heterocycles. The Labute approximate surface area is 452 Å². The standard InChI is InChI=1S/C60H76ClN5O8S/c1-41-56(75-40-64-41)46-19-17-42(18-20-46)38-63-58(72)52-37-49(69)39-66(52)59(73)57(60(2,3)4)65-54(71)16-14-12-10-8-6-5-7-9-11-13-15-53(70)62-35-36-74-50-31-25-45(26-32-50)55(44-23-29-48(68)30-24-44)51(33-34-61)43-21-27-47(67)28-22-43/h17-32,40,49,52,57,67-69H,5-16,33-39H2,1-4H3,(H,62,70)(H,63,72)(H,65,71)/t49-,52+,57?/m1/s1. The number of phenols is 2. The number of aliphatic hydroxyl groups is 1. The fourth-order valence-electron chi connectivity index (χ4n) is 9.48. The first-order valence-electron chi connectivity index (χ1n) is 26.5. The third kappa shape index (κ3) is 18.0. The molecule has 1 saturated heterocycles. The fourth-order valence-corrected chi connectivity index (χ4v) is 10.5. The zero-order valence-electron chi connectivity index (χ0n) is 44.0. The van der Waals surface area contributed by atoms with Crippen molar-refractivity contribution in [2.75, 3.05) is 25.6 Å². The fraction of sp³-hybridized carbons (Fsp3) is 0.450. The largest absolute Gasteiger partial charge is 0.508 e. The topological polar surface area (TPSA) is 190 Å². The summed E-state index contributed by atoms with van der Waals surface area (Å²) in [5.41, 5.74) is 8.95. The number of likely N-dealkylation sites (tertiary alicyclic amines) is 1. The number of nitrogens with zero attached hydrogens (tertiary/aromatic N) is 2. The Morgan fingerprint density at radius 3 is 1.83 bits per heavy atom. The Morgan fingerprint density at radius 2 is 1.28 bits per heavy atom. The van der Waals surface area contributed by atoms with Crippen LogP contribution in [0.4, 0.5) is 0 Å². The Morgan fingerprint density at radius 1 is 0.733 bits per heavy atom. The number of benzene rings is 4. The number of nitrogens with one attached hydrogen (secondary N) is 3. The Bertz CT molecular complexity index is 2630. The van der Waals surface area contributed by atoms with Crippen molar-refractivity contribution in [2.45, 2.75) is 142 Å². The van der Waals surface area contributed by atoms with E-state index in [4.69, 9.17) is 16.3 Å². The van der Waals surface area contributed by atoms with E-state index >= 15 is 0 Å². The second kappa shape index (κ2) is 29.2. The number of alkyl halides is 1. The van der Waals surface area contributed by atoms with Crippen molar-refractivity contribution in [1.29, 1.82) is 0 Å².